The molecule has 1 atom stereocenters. The van der Waals surface area contributed by atoms with E-state index in [-0.39, 0.29) is 12.1 Å². The lowest BCUT2D eigenvalue weighted by Gasteiger charge is -2.10. The lowest BCUT2D eigenvalue weighted by Crippen LogP contribution is -2.35. The third-order valence-electron chi connectivity index (χ3n) is 3.12. The van der Waals surface area contributed by atoms with E-state index in [1.165, 1.54) is 0 Å². The molecule has 1 fully saturated rings. The van der Waals surface area contributed by atoms with E-state index >= 15 is 0 Å². The quantitative estimate of drug-likeness (QED) is 0.685. The first kappa shape index (κ1) is 16.7. The van der Waals surface area contributed by atoms with Gasteiger partial charge < -0.3 is 20.1 Å². The van der Waals surface area contributed by atoms with E-state index in [1.54, 1.807) is 11.3 Å². The van der Waals surface area contributed by atoms with E-state index < -0.39 is 0 Å². The highest BCUT2D eigenvalue weighted by Gasteiger charge is 2.14. The molecule has 2 N–H and O–H groups in total. The van der Waals surface area contributed by atoms with Crippen molar-refractivity contribution in [1.29, 1.82) is 0 Å². The van der Waals surface area contributed by atoms with Crippen LogP contribution in [0.2, 0.25) is 0 Å². The maximum atomic E-state index is 11.6. The fraction of sp³-hybridized carbons (Fsp3) is 0.643. The highest BCUT2D eigenvalue weighted by molar-refractivity contribution is 9.10. The van der Waals surface area contributed by atoms with Crippen molar-refractivity contribution in [2.45, 2.75) is 31.9 Å². The number of carbonyl (C=O) groups is 1. The average molecular weight is 377 g/mol. The number of ether oxygens (including phenoxy) is 2. The Morgan fingerprint density at radius 1 is 1.52 bits per heavy atom. The highest BCUT2D eigenvalue weighted by atomic mass is 79.9. The van der Waals surface area contributed by atoms with Crippen LogP contribution in [0.3, 0.4) is 0 Å². The van der Waals surface area contributed by atoms with Gasteiger partial charge in [0.25, 0.3) is 0 Å². The summed E-state index contributed by atoms with van der Waals surface area (Å²) < 4.78 is 12.0. The van der Waals surface area contributed by atoms with Gasteiger partial charge in [0.05, 0.1) is 19.3 Å². The Morgan fingerprint density at radius 2 is 2.43 bits per heavy atom. The maximum Gasteiger partial charge on any atom is 0.315 e. The zero-order valence-electron chi connectivity index (χ0n) is 11.9. The molecule has 1 saturated heterocycles. The molecule has 7 heteroatoms. The van der Waals surface area contributed by atoms with E-state index in [1.807, 2.05) is 11.4 Å². The molecule has 1 aliphatic rings. The molecular weight excluding hydrogens is 356 g/mol. The Kier molecular flexibility index (Phi) is 7.49. The van der Waals surface area contributed by atoms with Crippen LogP contribution in [0.25, 0.3) is 0 Å². The first-order chi connectivity index (χ1) is 10.2. The molecule has 0 aliphatic carbocycles. The second kappa shape index (κ2) is 9.40. The smallest absolute Gasteiger partial charge is 0.315 e. The van der Waals surface area contributed by atoms with Crippen LogP contribution >= 0.6 is 27.3 Å². The topological polar surface area (TPSA) is 59.6 Å². The van der Waals surface area contributed by atoms with Crippen LogP contribution in [0, 0.1) is 0 Å². The molecule has 1 aromatic heterocycles. The summed E-state index contributed by atoms with van der Waals surface area (Å²) in [6, 6.07) is 1.86. The molecule has 0 bridgehead atoms. The molecule has 0 saturated carbocycles. The molecule has 0 spiro atoms. The second-order valence-electron chi connectivity index (χ2n) is 4.90. The van der Waals surface area contributed by atoms with Crippen molar-refractivity contribution in [1.82, 2.24) is 10.6 Å². The van der Waals surface area contributed by atoms with Crippen molar-refractivity contribution in [3.05, 3.63) is 20.8 Å². The van der Waals surface area contributed by atoms with Gasteiger partial charge in [0.15, 0.2) is 0 Å². The van der Waals surface area contributed by atoms with E-state index in [0.717, 1.165) is 35.2 Å². The molecule has 21 heavy (non-hydrogen) atoms. The summed E-state index contributed by atoms with van der Waals surface area (Å²) in [5, 5.41) is 7.65. The van der Waals surface area contributed by atoms with E-state index in [4.69, 9.17) is 9.47 Å². The number of rotatable bonds is 8. The number of hydrogen-bond donors (Lipinski definition) is 2. The van der Waals surface area contributed by atoms with Gasteiger partial charge in [-0.05, 0) is 41.3 Å². The molecule has 1 unspecified atom stereocenters. The minimum Gasteiger partial charge on any atom is -0.379 e. The third kappa shape index (κ3) is 6.78. The zero-order valence-corrected chi connectivity index (χ0v) is 14.3. The van der Waals surface area contributed by atoms with Crippen LogP contribution in [0.15, 0.2) is 15.9 Å². The Morgan fingerprint density at radius 3 is 3.14 bits per heavy atom. The van der Waals surface area contributed by atoms with Gasteiger partial charge >= 0.3 is 6.03 Å². The minimum atomic E-state index is -0.140. The van der Waals surface area contributed by atoms with E-state index in [2.05, 4.69) is 26.6 Å². The van der Waals surface area contributed by atoms with Gasteiger partial charge in [-0.2, -0.15) is 0 Å². The zero-order chi connectivity index (χ0) is 14.9. The Hall–Kier alpha value is -0.630. The van der Waals surface area contributed by atoms with E-state index in [9.17, 15) is 4.79 Å². The van der Waals surface area contributed by atoms with Crippen LogP contribution in [0.5, 0.6) is 0 Å². The largest absolute Gasteiger partial charge is 0.379 e. The summed E-state index contributed by atoms with van der Waals surface area (Å²) in [6.07, 6.45) is 3.31. The number of nitrogens with one attached hydrogen (secondary N) is 2. The molecule has 1 aromatic rings. The molecule has 1 aliphatic heterocycles. The normalized spacial score (nSPS) is 17.9. The number of amides is 2. The van der Waals surface area contributed by atoms with Crippen LogP contribution in [-0.4, -0.2) is 38.5 Å². The van der Waals surface area contributed by atoms with Crippen molar-refractivity contribution in [2.75, 3.05) is 26.4 Å². The van der Waals surface area contributed by atoms with Gasteiger partial charge in [0.2, 0.25) is 0 Å². The Labute approximate surface area is 137 Å². The van der Waals surface area contributed by atoms with Gasteiger partial charge in [0, 0.05) is 34.5 Å². The highest BCUT2D eigenvalue weighted by Crippen LogP contribution is 2.19. The minimum absolute atomic E-state index is 0.140. The van der Waals surface area contributed by atoms with Crippen molar-refractivity contribution < 1.29 is 14.3 Å². The molecule has 2 amide bonds. The molecule has 118 valence electrons. The van der Waals surface area contributed by atoms with Crippen LogP contribution in [0.1, 0.15) is 24.1 Å². The summed E-state index contributed by atoms with van der Waals surface area (Å²) >= 11 is 5.01. The molecule has 5 nitrogen and oxygen atoms in total. The standard InChI is InChI=1S/C14H21BrN2O3S/c15-11-7-13(21-10-11)8-17-14(18)16-4-2-5-19-9-12-3-1-6-20-12/h7,10,12H,1-6,8-9H2,(H2,16,17,18). The summed E-state index contributed by atoms with van der Waals surface area (Å²) in [4.78, 5) is 12.7. The first-order valence-electron chi connectivity index (χ1n) is 7.18. The first-order valence-corrected chi connectivity index (χ1v) is 8.85. The van der Waals surface area contributed by atoms with Gasteiger partial charge in [-0.25, -0.2) is 4.79 Å². The van der Waals surface area contributed by atoms with Gasteiger partial charge in [0.1, 0.15) is 0 Å². The summed E-state index contributed by atoms with van der Waals surface area (Å²) in [7, 11) is 0. The van der Waals surface area contributed by atoms with Gasteiger partial charge in [-0.1, -0.05) is 0 Å². The third-order valence-corrected chi connectivity index (χ3v) is 4.82. The molecule has 2 heterocycles. The SMILES string of the molecule is O=C(NCCCOCC1CCCO1)NCc1cc(Br)cs1. The molecule has 0 radical (unpaired) electrons. The number of halogens is 1. The average Bonchev–Trinajstić information content (AvgIpc) is 3.12. The molecule has 0 aromatic carbocycles. The fourth-order valence-electron chi connectivity index (χ4n) is 2.04. The van der Waals surface area contributed by atoms with Crippen molar-refractivity contribution in [3.8, 4) is 0 Å². The van der Waals surface area contributed by atoms with Crippen LogP contribution < -0.4 is 10.6 Å². The maximum absolute atomic E-state index is 11.6. The molecular formula is C14H21BrN2O3S. The van der Waals surface area contributed by atoms with Gasteiger partial charge in [-0.3, -0.25) is 0 Å². The lowest BCUT2D eigenvalue weighted by molar-refractivity contribution is 0.0168. The van der Waals surface area contributed by atoms with Crippen molar-refractivity contribution >= 4 is 33.3 Å². The summed E-state index contributed by atoms with van der Waals surface area (Å²) in [5.74, 6) is 0. The fourth-order valence-corrected chi connectivity index (χ4v) is 3.43. The summed E-state index contributed by atoms with van der Waals surface area (Å²) in [5.41, 5.74) is 0. The Bertz CT molecular complexity index is 436. The predicted octanol–water partition coefficient (Wildman–Crippen LogP) is 2.90. The van der Waals surface area contributed by atoms with Crippen LogP contribution in [0.4, 0.5) is 4.79 Å². The monoisotopic (exact) mass is 376 g/mol. The predicted molar refractivity (Wildman–Crippen MR) is 86.7 cm³/mol. The van der Waals surface area contributed by atoms with Crippen LogP contribution in [-0.2, 0) is 16.0 Å². The van der Waals surface area contributed by atoms with E-state index in [0.29, 0.717) is 26.3 Å². The lowest BCUT2D eigenvalue weighted by atomic mass is 10.2. The van der Waals surface area contributed by atoms with Crippen molar-refractivity contribution in [3.63, 3.8) is 0 Å². The second-order valence-corrected chi connectivity index (χ2v) is 6.82. The molecule has 2 rings (SSSR count). The van der Waals surface area contributed by atoms with Crippen molar-refractivity contribution in [2.24, 2.45) is 0 Å². The number of carbonyl (C=O) groups excluding carboxylic acids is 1. The number of urea groups is 1. The summed E-state index contributed by atoms with van der Waals surface area (Å²) in [6.45, 7) is 3.34. The number of thiophene rings is 1. The number of hydrogen-bond acceptors (Lipinski definition) is 4. The Balaban J connectivity index is 1.43. The van der Waals surface area contributed by atoms with Gasteiger partial charge in [-0.15, -0.1) is 11.3 Å².